The first-order chi connectivity index (χ1) is 9.88. The number of H-pyrrole nitrogens is 1. The van der Waals surface area contributed by atoms with Gasteiger partial charge in [0.15, 0.2) is 14.6 Å². The molecule has 0 aliphatic rings. The van der Waals surface area contributed by atoms with Gasteiger partial charge in [0, 0.05) is 19.3 Å². The molecular formula is C14H21N3O2S2. The molecule has 1 N–H and O–H groups in total. The molecule has 116 valence electrons. The van der Waals surface area contributed by atoms with Crippen molar-refractivity contribution < 1.29 is 8.42 Å². The van der Waals surface area contributed by atoms with Crippen LogP contribution in [0.2, 0.25) is 0 Å². The van der Waals surface area contributed by atoms with Gasteiger partial charge in [0.25, 0.3) is 0 Å². The molecular weight excluding hydrogens is 306 g/mol. The Kier molecular flexibility index (Phi) is 4.85. The van der Waals surface area contributed by atoms with E-state index in [-0.39, 0.29) is 0 Å². The fourth-order valence-electron chi connectivity index (χ4n) is 2.47. The minimum atomic E-state index is -3.27. The van der Waals surface area contributed by atoms with E-state index in [2.05, 4.69) is 23.7 Å². The van der Waals surface area contributed by atoms with Gasteiger partial charge in [0.05, 0.1) is 15.9 Å². The van der Waals surface area contributed by atoms with Crippen molar-refractivity contribution in [1.29, 1.82) is 0 Å². The average Bonchev–Trinajstić information content (AvgIpc) is 2.74. The smallest absolute Gasteiger partial charge is 0.178 e. The second-order valence-corrected chi connectivity index (χ2v) is 7.40. The van der Waals surface area contributed by atoms with E-state index in [0.29, 0.717) is 15.2 Å². The topological polar surface area (TPSA) is 58.1 Å². The Bertz CT molecular complexity index is 786. The zero-order valence-electron chi connectivity index (χ0n) is 12.6. The number of nitrogens with one attached hydrogen (secondary N) is 1. The molecule has 0 saturated heterocycles. The molecule has 0 unspecified atom stereocenters. The number of benzene rings is 1. The second kappa shape index (κ2) is 6.29. The lowest BCUT2D eigenvalue weighted by atomic mass is 10.3. The Labute approximate surface area is 130 Å². The van der Waals surface area contributed by atoms with Crippen LogP contribution in [0, 0.1) is 4.77 Å². The van der Waals surface area contributed by atoms with Crippen molar-refractivity contribution in [2.75, 3.05) is 25.9 Å². The van der Waals surface area contributed by atoms with Crippen molar-refractivity contribution in [3.63, 3.8) is 0 Å². The van der Waals surface area contributed by atoms with Crippen molar-refractivity contribution in [2.45, 2.75) is 25.3 Å². The summed E-state index contributed by atoms with van der Waals surface area (Å²) in [6.45, 7) is 7.85. The maximum absolute atomic E-state index is 11.9. The van der Waals surface area contributed by atoms with Crippen LogP contribution in [0.25, 0.3) is 11.0 Å². The number of hydrogen-bond acceptors (Lipinski definition) is 4. The Morgan fingerprint density at radius 3 is 2.52 bits per heavy atom. The van der Waals surface area contributed by atoms with Crippen LogP contribution >= 0.6 is 12.2 Å². The monoisotopic (exact) mass is 327 g/mol. The molecule has 7 heteroatoms. The summed E-state index contributed by atoms with van der Waals surface area (Å²) < 4.78 is 26.2. The highest BCUT2D eigenvalue weighted by Crippen LogP contribution is 2.22. The summed E-state index contributed by atoms with van der Waals surface area (Å²) in [5.74, 6) is 0. The van der Waals surface area contributed by atoms with Crippen LogP contribution in [0.4, 0.5) is 0 Å². The Balaban J connectivity index is 2.47. The first-order valence-corrected chi connectivity index (χ1v) is 9.32. The molecule has 0 aliphatic carbocycles. The summed E-state index contributed by atoms with van der Waals surface area (Å²) in [7, 11) is -3.27. The van der Waals surface area contributed by atoms with Gasteiger partial charge < -0.3 is 14.5 Å². The Hall–Kier alpha value is -1.18. The third-order valence-corrected chi connectivity index (χ3v) is 5.17. The SMILES string of the molecule is CCN(CC)CCn1c(=S)[nH]c2c(S(C)(=O)=O)cccc21. The predicted molar refractivity (Wildman–Crippen MR) is 88.0 cm³/mol. The summed E-state index contributed by atoms with van der Waals surface area (Å²) in [6.07, 6.45) is 1.21. The quantitative estimate of drug-likeness (QED) is 0.828. The van der Waals surface area contributed by atoms with E-state index in [0.717, 1.165) is 31.7 Å². The maximum atomic E-state index is 11.9. The van der Waals surface area contributed by atoms with E-state index >= 15 is 0 Å². The minimum absolute atomic E-state index is 0.299. The predicted octanol–water partition coefficient (Wildman–Crippen LogP) is 2.44. The normalized spacial score (nSPS) is 12.4. The molecule has 0 saturated carbocycles. The van der Waals surface area contributed by atoms with Gasteiger partial charge in [-0.05, 0) is 37.4 Å². The van der Waals surface area contributed by atoms with Gasteiger partial charge in [-0.1, -0.05) is 19.9 Å². The molecule has 1 aromatic heterocycles. The number of imidazole rings is 1. The molecule has 21 heavy (non-hydrogen) atoms. The lowest BCUT2D eigenvalue weighted by Gasteiger charge is -2.18. The van der Waals surface area contributed by atoms with Gasteiger partial charge >= 0.3 is 0 Å². The van der Waals surface area contributed by atoms with Gasteiger partial charge in [-0.2, -0.15) is 0 Å². The van der Waals surface area contributed by atoms with Gasteiger partial charge in [-0.25, -0.2) is 8.42 Å². The van der Waals surface area contributed by atoms with E-state index < -0.39 is 9.84 Å². The third kappa shape index (κ3) is 3.36. The van der Waals surface area contributed by atoms with Crippen molar-refractivity contribution in [3.8, 4) is 0 Å². The first kappa shape index (κ1) is 16.2. The largest absolute Gasteiger partial charge is 0.329 e. The molecule has 5 nitrogen and oxygen atoms in total. The molecule has 1 heterocycles. The van der Waals surface area contributed by atoms with Gasteiger partial charge in [-0.3, -0.25) is 0 Å². The summed E-state index contributed by atoms with van der Waals surface area (Å²) in [5.41, 5.74) is 1.44. The van der Waals surface area contributed by atoms with Crippen LogP contribution in [0.1, 0.15) is 13.8 Å². The van der Waals surface area contributed by atoms with E-state index in [9.17, 15) is 8.42 Å². The standard InChI is InChI=1S/C14H21N3O2S2/c1-4-16(5-2)9-10-17-11-7-6-8-12(21(3,18)19)13(11)15-14(17)20/h6-8H,4-5,9-10H2,1-3H3,(H,15,20). The number of sulfone groups is 1. The molecule has 0 atom stereocenters. The molecule has 0 amide bonds. The zero-order chi connectivity index (χ0) is 15.6. The first-order valence-electron chi connectivity index (χ1n) is 7.02. The molecule has 0 aliphatic heterocycles. The number of aromatic nitrogens is 2. The van der Waals surface area contributed by atoms with Crippen molar-refractivity contribution >= 4 is 33.1 Å². The van der Waals surface area contributed by atoms with E-state index in [4.69, 9.17) is 12.2 Å². The Morgan fingerprint density at radius 2 is 1.95 bits per heavy atom. The second-order valence-electron chi connectivity index (χ2n) is 5.03. The molecule has 0 radical (unpaired) electrons. The van der Waals surface area contributed by atoms with Crippen LogP contribution < -0.4 is 0 Å². The molecule has 2 rings (SSSR count). The molecule has 0 fully saturated rings. The van der Waals surface area contributed by atoms with Crippen LogP contribution in [-0.2, 0) is 16.4 Å². The summed E-state index contributed by atoms with van der Waals surface area (Å²) in [5, 5.41) is 0. The molecule has 0 spiro atoms. The lowest BCUT2D eigenvalue weighted by Crippen LogP contribution is -2.27. The lowest BCUT2D eigenvalue weighted by molar-refractivity contribution is 0.291. The van der Waals surface area contributed by atoms with Crippen molar-refractivity contribution in [1.82, 2.24) is 14.5 Å². The Morgan fingerprint density at radius 1 is 1.29 bits per heavy atom. The van der Waals surface area contributed by atoms with Crippen LogP contribution in [0.3, 0.4) is 0 Å². The number of likely N-dealkylation sites (N-methyl/N-ethyl adjacent to an activating group) is 1. The fourth-order valence-corrected chi connectivity index (χ4v) is 3.61. The summed E-state index contributed by atoms with van der Waals surface area (Å²) in [6, 6.07) is 5.27. The zero-order valence-corrected chi connectivity index (χ0v) is 14.2. The number of nitrogens with zero attached hydrogens (tertiary/aromatic N) is 2. The van der Waals surface area contributed by atoms with Gasteiger partial charge in [0.1, 0.15) is 0 Å². The van der Waals surface area contributed by atoms with Crippen LogP contribution in [0.5, 0.6) is 0 Å². The highest BCUT2D eigenvalue weighted by atomic mass is 32.2. The highest BCUT2D eigenvalue weighted by Gasteiger charge is 2.15. The number of rotatable bonds is 6. The minimum Gasteiger partial charge on any atom is -0.329 e. The van der Waals surface area contributed by atoms with Crippen LogP contribution in [-0.4, -0.2) is 48.8 Å². The van der Waals surface area contributed by atoms with E-state index in [1.54, 1.807) is 12.1 Å². The van der Waals surface area contributed by atoms with Crippen molar-refractivity contribution in [2.24, 2.45) is 0 Å². The average molecular weight is 327 g/mol. The number of hydrogen-bond donors (Lipinski definition) is 1. The van der Waals surface area contributed by atoms with Gasteiger partial charge in [-0.15, -0.1) is 0 Å². The summed E-state index contributed by atoms with van der Waals surface area (Å²) in [4.78, 5) is 5.65. The van der Waals surface area contributed by atoms with E-state index in [1.165, 1.54) is 6.26 Å². The highest BCUT2D eigenvalue weighted by molar-refractivity contribution is 7.91. The van der Waals surface area contributed by atoms with Crippen LogP contribution in [0.15, 0.2) is 23.1 Å². The third-order valence-electron chi connectivity index (χ3n) is 3.71. The number of aromatic amines is 1. The summed E-state index contributed by atoms with van der Waals surface area (Å²) >= 11 is 5.35. The molecule has 0 bridgehead atoms. The maximum Gasteiger partial charge on any atom is 0.178 e. The fraction of sp³-hybridized carbons (Fsp3) is 0.500. The molecule has 2 aromatic rings. The van der Waals surface area contributed by atoms with E-state index in [1.807, 2.05) is 10.6 Å². The van der Waals surface area contributed by atoms with Gasteiger partial charge in [0.2, 0.25) is 0 Å². The molecule has 1 aromatic carbocycles. The number of fused-ring (bicyclic) bond motifs is 1. The van der Waals surface area contributed by atoms with Crippen molar-refractivity contribution in [3.05, 3.63) is 23.0 Å². The number of para-hydroxylation sites is 1.